The molecule has 0 saturated heterocycles. The summed E-state index contributed by atoms with van der Waals surface area (Å²) >= 11 is 3.38. The average Bonchev–Trinajstić information content (AvgIpc) is 2.44. The molecule has 0 saturated carbocycles. The monoisotopic (exact) mass is 318 g/mol. The van der Waals surface area contributed by atoms with Crippen molar-refractivity contribution in [1.82, 2.24) is 0 Å². The molecule has 0 aliphatic rings. The Bertz CT molecular complexity index is 584. The molecule has 3 nitrogen and oxygen atoms in total. The Kier molecular flexibility index (Phi) is 4.22. The van der Waals surface area contributed by atoms with Crippen LogP contribution in [0.2, 0.25) is 0 Å². The lowest BCUT2D eigenvalue weighted by Crippen LogP contribution is -2.30. The number of benzene rings is 2. The average molecular weight is 319 g/mol. The van der Waals surface area contributed by atoms with Crippen molar-refractivity contribution >= 4 is 33.2 Å². The molecule has 0 fully saturated rings. The minimum atomic E-state index is -0.0622. The van der Waals surface area contributed by atoms with Crippen LogP contribution >= 0.6 is 15.9 Å². The number of nitrogen functional groups attached to an aromatic ring is 1. The van der Waals surface area contributed by atoms with E-state index < -0.39 is 0 Å². The van der Waals surface area contributed by atoms with E-state index in [1.165, 1.54) is 0 Å². The van der Waals surface area contributed by atoms with Gasteiger partial charge < -0.3 is 10.6 Å². The molecule has 1 amide bonds. The standard InChI is InChI=1S/C15H15BrN2O/c1-2-18(11-7-4-3-5-8-11)15(19)12-9-6-10-13(17)14(12)16/h3-10H,2,17H2,1H3. The lowest BCUT2D eigenvalue weighted by atomic mass is 10.1. The van der Waals surface area contributed by atoms with Crippen LogP contribution in [0.5, 0.6) is 0 Å². The second-order valence-corrected chi connectivity index (χ2v) is 4.89. The first kappa shape index (κ1) is 13.6. The highest BCUT2D eigenvalue weighted by molar-refractivity contribution is 9.10. The molecule has 0 aliphatic carbocycles. The van der Waals surface area contributed by atoms with Gasteiger partial charge in [0.25, 0.3) is 5.91 Å². The van der Waals surface area contributed by atoms with E-state index in [1.54, 1.807) is 23.1 Å². The molecular weight excluding hydrogens is 304 g/mol. The highest BCUT2D eigenvalue weighted by Gasteiger charge is 2.19. The lowest BCUT2D eigenvalue weighted by molar-refractivity contribution is 0.0987. The van der Waals surface area contributed by atoms with Crippen LogP contribution < -0.4 is 10.6 Å². The summed E-state index contributed by atoms with van der Waals surface area (Å²) in [6.07, 6.45) is 0. The van der Waals surface area contributed by atoms with Crippen molar-refractivity contribution < 1.29 is 4.79 Å². The largest absolute Gasteiger partial charge is 0.398 e. The number of amides is 1. The lowest BCUT2D eigenvalue weighted by Gasteiger charge is -2.22. The molecule has 2 N–H and O–H groups in total. The number of carbonyl (C=O) groups excluding carboxylic acids is 1. The maximum atomic E-state index is 12.6. The molecule has 4 heteroatoms. The van der Waals surface area contributed by atoms with Crippen LogP contribution in [0.4, 0.5) is 11.4 Å². The van der Waals surface area contributed by atoms with Gasteiger partial charge in [0, 0.05) is 17.9 Å². The first-order valence-corrected chi connectivity index (χ1v) is 6.85. The Morgan fingerprint density at radius 3 is 2.47 bits per heavy atom. The summed E-state index contributed by atoms with van der Waals surface area (Å²) in [6, 6.07) is 14.9. The van der Waals surface area contributed by atoms with Crippen molar-refractivity contribution in [3.8, 4) is 0 Å². The summed E-state index contributed by atoms with van der Waals surface area (Å²) in [5.41, 5.74) is 7.84. The number of halogens is 1. The zero-order valence-electron chi connectivity index (χ0n) is 10.6. The van der Waals surface area contributed by atoms with Crippen molar-refractivity contribution in [3.63, 3.8) is 0 Å². The highest BCUT2D eigenvalue weighted by atomic mass is 79.9. The van der Waals surface area contributed by atoms with Crippen LogP contribution in [0, 0.1) is 0 Å². The summed E-state index contributed by atoms with van der Waals surface area (Å²) in [5.74, 6) is -0.0622. The van der Waals surface area contributed by atoms with E-state index in [0.29, 0.717) is 22.3 Å². The fourth-order valence-electron chi connectivity index (χ4n) is 1.91. The summed E-state index contributed by atoms with van der Waals surface area (Å²) in [5, 5.41) is 0. The maximum absolute atomic E-state index is 12.6. The van der Waals surface area contributed by atoms with Gasteiger partial charge >= 0.3 is 0 Å². The molecule has 2 rings (SSSR count). The van der Waals surface area contributed by atoms with Crippen molar-refractivity contribution in [3.05, 3.63) is 58.6 Å². The topological polar surface area (TPSA) is 46.3 Å². The molecule has 19 heavy (non-hydrogen) atoms. The smallest absolute Gasteiger partial charge is 0.259 e. The van der Waals surface area contributed by atoms with Gasteiger partial charge in [-0.1, -0.05) is 24.3 Å². The predicted molar refractivity (Wildman–Crippen MR) is 82.3 cm³/mol. The maximum Gasteiger partial charge on any atom is 0.259 e. The quantitative estimate of drug-likeness (QED) is 0.877. The second kappa shape index (κ2) is 5.89. The van der Waals surface area contributed by atoms with E-state index in [2.05, 4.69) is 15.9 Å². The van der Waals surface area contributed by atoms with Gasteiger partial charge in [-0.2, -0.15) is 0 Å². The van der Waals surface area contributed by atoms with Gasteiger partial charge in [-0.25, -0.2) is 0 Å². The summed E-state index contributed by atoms with van der Waals surface area (Å²) in [7, 11) is 0. The third kappa shape index (κ3) is 2.79. The number of para-hydroxylation sites is 1. The van der Waals surface area contributed by atoms with Gasteiger partial charge in [0.1, 0.15) is 0 Å². The third-order valence-corrected chi connectivity index (χ3v) is 3.77. The molecule has 0 radical (unpaired) electrons. The van der Waals surface area contributed by atoms with Crippen molar-refractivity contribution in [2.24, 2.45) is 0 Å². The molecule has 0 heterocycles. The van der Waals surface area contributed by atoms with Gasteiger partial charge in [-0.15, -0.1) is 0 Å². The predicted octanol–water partition coefficient (Wildman–Crippen LogP) is 3.70. The zero-order chi connectivity index (χ0) is 13.8. The number of carbonyl (C=O) groups is 1. The van der Waals surface area contributed by atoms with Gasteiger partial charge in [0.2, 0.25) is 0 Å². The Balaban J connectivity index is 2.39. The normalized spacial score (nSPS) is 10.2. The first-order valence-electron chi connectivity index (χ1n) is 6.06. The molecule has 2 aromatic carbocycles. The SMILES string of the molecule is CCN(C(=O)c1cccc(N)c1Br)c1ccccc1. The van der Waals surface area contributed by atoms with Crippen molar-refractivity contribution in [2.75, 3.05) is 17.2 Å². The number of anilines is 2. The Hall–Kier alpha value is -1.81. The minimum absolute atomic E-state index is 0.0622. The van der Waals surface area contributed by atoms with E-state index in [0.717, 1.165) is 5.69 Å². The van der Waals surface area contributed by atoms with Crippen molar-refractivity contribution in [2.45, 2.75) is 6.92 Å². The van der Waals surface area contributed by atoms with E-state index in [-0.39, 0.29) is 5.91 Å². The zero-order valence-corrected chi connectivity index (χ0v) is 12.2. The molecule has 0 aliphatic heterocycles. The number of rotatable bonds is 3. The Labute approximate surface area is 121 Å². The number of hydrogen-bond donors (Lipinski definition) is 1. The summed E-state index contributed by atoms with van der Waals surface area (Å²) < 4.78 is 0.648. The molecule has 0 bridgehead atoms. The van der Waals surface area contributed by atoms with Gasteiger partial charge in [0.05, 0.1) is 10.0 Å². The van der Waals surface area contributed by atoms with E-state index >= 15 is 0 Å². The molecule has 98 valence electrons. The third-order valence-electron chi connectivity index (χ3n) is 2.89. The molecular formula is C15H15BrN2O. The Morgan fingerprint density at radius 1 is 1.16 bits per heavy atom. The highest BCUT2D eigenvalue weighted by Crippen LogP contribution is 2.26. The number of nitrogens with two attached hydrogens (primary N) is 1. The molecule has 0 spiro atoms. The van der Waals surface area contributed by atoms with Crippen LogP contribution in [0.3, 0.4) is 0 Å². The van der Waals surface area contributed by atoms with Crippen molar-refractivity contribution in [1.29, 1.82) is 0 Å². The molecule has 0 unspecified atom stereocenters. The second-order valence-electron chi connectivity index (χ2n) is 4.09. The fourth-order valence-corrected chi connectivity index (χ4v) is 2.35. The number of nitrogens with zero attached hydrogens (tertiary/aromatic N) is 1. The van der Waals surface area contributed by atoms with Gasteiger partial charge in [-0.3, -0.25) is 4.79 Å². The molecule has 2 aromatic rings. The molecule has 0 aromatic heterocycles. The van der Waals surface area contributed by atoms with Gasteiger partial charge in [-0.05, 0) is 47.1 Å². The summed E-state index contributed by atoms with van der Waals surface area (Å²) in [6.45, 7) is 2.55. The van der Waals surface area contributed by atoms with E-state index in [1.807, 2.05) is 37.3 Å². The first-order chi connectivity index (χ1) is 9.15. The summed E-state index contributed by atoms with van der Waals surface area (Å²) in [4.78, 5) is 14.3. The molecule has 0 atom stereocenters. The van der Waals surface area contributed by atoms with Gasteiger partial charge in [0.15, 0.2) is 0 Å². The minimum Gasteiger partial charge on any atom is -0.398 e. The van der Waals surface area contributed by atoms with Crippen LogP contribution in [0.1, 0.15) is 17.3 Å². The fraction of sp³-hybridized carbons (Fsp3) is 0.133. The van der Waals surface area contributed by atoms with Crippen LogP contribution in [0.25, 0.3) is 0 Å². The van der Waals surface area contributed by atoms with Crippen LogP contribution in [-0.4, -0.2) is 12.5 Å². The van der Waals surface area contributed by atoms with Crippen LogP contribution in [0.15, 0.2) is 53.0 Å². The number of hydrogen-bond acceptors (Lipinski definition) is 2. The Morgan fingerprint density at radius 2 is 1.84 bits per heavy atom. The van der Waals surface area contributed by atoms with E-state index in [9.17, 15) is 4.79 Å². The van der Waals surface area contributed by atoms with E-state index in [4.69, 9.17) is 5.73 Å². The van der Waals surface area contributed by atoms with Crippen LogP contribution in [-0.2, 0) is 0 Å².